The minimum absolute atomic E-state index is 0.100. The molecule has 2 aromatic carbocycles. The SMILES string of the molecule is COc1ccc(Cl)cc1S(=O)(=O)Oc1cc(C)cc(C)c1. The van der Waals surface area contributed by atoms with Gasteiger partial charge >= 0.3 is 10.1 Å². The summed E-state index contributed by atoms with van der Waals surface area (Å²) in [6.07, 6.45) is 0. The van der Waals surface area contributed by atoms with Crippen LogP contribution in [0.1, 0.15) is 11.1 Å². The zero-order valence-electron chi connectivity index (χ0n) is 11.9. The average molecular weight is 327 g/mol. The molecule has 112 valence electrons. The maximum absolute atomic E-state index is 12.4. The third-order valence-corrected chi connectivity index (χ3v) is 4.30. The van der Waals surface area contributed by atoms with E-state index in [4.69, 9.17) is 20.5 Å². The normalized spacial score (nSPS) is 11.2. The first-order chi connectivity index (χ1) is 9.81. The van der Waals surface area contributed by atoms with E-state index in [9.17, 15) is 8.42 Å². The molecule has 0 aliphatic rings. The van der Waals surface area contributed by atoms with E-state index in [-0.39, 0.29) is 16.4 Å². The Balaban J connectivity index is 2.45. The summed E-state index contributed by atoms with van der Waals surface area (Å²) in [6, 6.07) is 9.58. The Kier molecular flexibility index (Phi) is 4.44. The number of hydrogen-bond donors (Lipinski definition) is 0. The van der Waals surface area contributed by atoms with Gasteiger partial charge < -0.3 is 8.92 Å². The highest BCUT2D eigenvalue weighted by Crippen LogP contribution is 2.30. The van der Waals surface area contributed by atoms with Crippen LogP contribution in [-0.2, 0) is 10.1 Å². The molecule has 0 aliphatic carbocycles. The lowest BCUT2D eigenvalue weighted by atomic mass is 10.1. The van der Waals surface area contributed by atoms with Crippen molar-refractivity contribution < 1.29 is 17.3 Å². The molecule has 0 saturated heterocycles. The number of hydrogen-bond acceptors (Lipinski definition) is 4. The number of aryl methyl sites for hydroxylation is 2. The van der Waals surface area contributed by atoms with Crippen LogP contribution in [0.25, 0.3) is 0 Å². The Bertz CT molecular complexity index is 749. The topological polar surface area (TPSA) is 52.6 Å². The van der Waals surface area contributed by atoms with Crippen LogP contribution >= 0.6 is 11.6 Å². The molecule has 6 heteroatoms. The molecular weight excluding hydrogens is 312 g/mol. The van der Waals surface area contributed by atoms with Gasteiger partial charge in [0, 0.05) is 5.02 Å². The van der Waals surface area contributed by atoms with Gasteiger partial charge in [0.15, 0.2) is 0 Å². The predicted molar refractivity (Wildman–Crippen MR) is 81.7 cm³/mol. The molecule has 0 amide bonds. The third kappa shape index (κ3) is 3.68. The number of halogens is 1. The van der Waals surface area contributed by atoms with Gasteiger partial charge in [0.05, 0.1) is 7.11 Å². The summed E-state index contributed by atoms with van der Waals surface area (Å²) in [5.41, 5.74) is 1.83. The van der Waals surface area contributed by atoms with E-state index in [1.165, 1.54) is 19.2 Å². The summed E-state index contributed by atoms with van der Waals surface area (Å²) in [5.74, 6) is 0.443. The fourth-order valence-electron chi connectivity index (χ4n) is 2.00. The zero-order valence-corrected chi connectivity index (χ0v) is 13.5. The molecule has 0 unspecified atom stereocenters. The first kappa shape index (κ1) is 15.7. The molecule has 0 saturated carbocycles. The largest absolute Gasteiger partial charge is 0.495 e. The number of rotatable bonds is 4. The maximum atomic E-state index is 12.4. The van der Waals surface area contributed by atoms with Crippen molar-refractivity contribution in [1.82, 2.24) is 0 Å². The molecule has 0 aliphatic heterocycles. The van der Waals surface area contributed by atoms with Crippen molar-refractivity contribution in [3.63, 3.8) is 0 Å². The van der Waals surface area contributed by atoms with Crippen LogP contribution in [0.3, 0.4) is 0 Å². The summed E-state index contributed by atoms with van der Waals surface area (Å²) in [5, 5.41) is 0.290. The number of ether oxygens (including phenoxy) is 1. The third-order valence-electron chi connectivity index (χ3n) is 2.80. The van der Waals surface area contributed by atoms with E-state index >= 15 is 0 Å². The van der Waals surface area contributed by atoms with Gasteiger partial charge in [-0.1, -0.05) is 17.7 Å². The van der Waals surface area contributed by atoms with Crippen molar-refractivity contribution in [2.24, 2.45) is 0 Å². The van der Waals surface area contributed by atoms with Crippen molar-refractivity contribution in [3.8, 4) is 11.5 Å². The van der Waals surface area contributed by atoms with Crippen LogP contribution in [-0.4, -0.2) is 15.5 Å². The van der Waals surface area contributed by atoms with Crippen LogP contribution in [0, 0.1) is 13.8 Å². The summed E-state index contributed by atoms with van der Waals surface area (Å²) in [4.78, 5) is -0.100. The molecule has 0 bridgehead atoms. The molecule has 0 atom stereocenters. The molecule has 0 spiro atoms. The summed E-state index contributed by atoms with van der Waals surface area (Å²) < 4.78 is 35.0. The Morgan fingerprint density at radius 2 is 1.62 bits per heavy atom. The fourth-order valence-corrected chi connectivity index (χ4v) is 3.34. The molecular formula is C15H15ClO4S. The van der Waals surface area contributed by atoms with Crippen LogP contribution in [0.4, 0.5) is 0 Å². The van der Waals surface area contributed by atoms with Gasteiger partial charge in [-0.15, -0.1) is 0 Å². The first-order valence-electron chi connectivity index (χ1n) is 6.18. The summed E-state index contributed by atoms with van der Waals surface area (Å²) >= 11 is 5.86. The van der Waals surface area contributed by atoms with Crippen LogP contribution in [0.5, 0.6) is 11.5 Å². The van der Waals surface area contributed by atoms with Crippen LogP contribution in [0.2, 0.25) is 5.02 Å². The molecule has 0 radical (unpaired) electrons. The van der Waals surface area contributed by atoms with Crippen LogP contribution in [0.15, 0.2) is 41.3 Å². The van der Waals surface area contributed by atoms with Crippen molar-refractivity contribution >= 4 is 21.7 Å². The highest BCUT2D eigenvalue weighted by Gasteiger charge is 2.22. The standard InChI is InChI=1S/C15H15ClO4S/c1-10-6-11(2)8-13(7-10)20-21(17,18)15-9-12(16)4-5-14(15)19-3/h4-9H,1-3H3. The lowest BCUT2D eigenvalue weighted by molar-refractivity contribution is 0.398. The number of benzene rings is 2. The van der Waals surface area contributed by atoms with Crippen molar-refractivity contribution in [2.45, 2.75) is 18.7 Å². The van der Waals surface area contributed by atoms with Crippen LogP contribution < -0.4 is 8.92 Å². The first-order valence-corrected chi connectivity index (χ1v) is 7.97. The Morgan fingerprint density at radius 1 is 1.00 bits per heavy atom. The zero-order chi connectivity index (χ0) is 15.6. The lowest BCUT2D eigenvalue weighted by Gasteiger charge is -2.12. The van der Waals surface area contributed by atoms with E-state index in [2.05, 4.69) is 0 Å². The molecule has 21 heavy (non-hydrogen) atoms. The van der Waals surface area contributed by atoms with E-state index in [1.807, 2.05) is 19.9 Å². The van der Waals surface area contributed by atoms with Crippen molar-refractivity contribution in [1.29, 1.82) is 0 Å². The second-order valence-electron chi connectivity index (χ2n) is 4.66. The van der Waals surface area contributed by atoms with E-state index in [1.54, 1.807) is 18.2 Å². The summed E-state index contributed by atoms with van der Waals surface area (Å²) in [6.45, 7) is 3.74. The quantitative estimate of drug-likeness (QED) is 0.803. The molecule has 0 fully saturated rings. The fraction of sp³-hybridized carbons (Fsp3) is 0.200. The van der Waals surface area contributed by atoms with E-state index < -0.39 is 10.1 Å². The summed E-state index contributed by atoms with van der Waals surface area (Å²) in [7, 11) is -2.63. The smallest absolute Gasteiger partial charge is 0.342 e. The number of methoxy groups -OCH3 is 1. The second kappa shape index (κ2) is 5.95. The minimum atomic E-state index is -4.02. The molecule has 2 rings (SSSR count). The van der Waals surface area contributed by atoms with Gasteiger partial charge in [0.2, 0.25) is 0 Å². The molecule has 0 aromatic heterocycles. The van der Waals surface area contributed by atoms with Gasteiger partial charge in [-0.05, 0) is 55.3 Å². The molecule has 2 aromatic rings. The Hall–Kier alpha value is -1.72. The van der Waals surface area contributed by atoms with Crippen molar-refractivity contribution in [3.05, 3.63) is 52.5 Å². The van der Waals surface area contributed by atoms with Gasteiger partial charge in [-0.3, -0.25) is 0 Å². The van der Waals surface area contributed by atoms with E-state index in [0.717, 1.165) is 11.1 Å². The monoisotopic (exact) mass is 326 g/mol. The van der Waals surface area contributed by atoms with Gasteiger partial charge in [-0.2, -0.15) is 8.42 Å². The Morgan fingerprint density at radius 3 is 2.19 bits per heavy atom. The van der Waals surface area contributed by atoms with Gasteiger partial charge in [0.25, 0.3) is 0 Å². The van der Waals surface area contributed by atoms with Crippen molar-refractivity contribution in [2.75, 3.05) is 7.11 Å². The molecule has 0 heterocycles. The van der Waals surface area contributed by atoms with Gasteiger partial charge in [-0.25, -0.2) is 0 Å². The van der Waals surface area contributed by atoms with Gasteiger partial charge in [0.1, 0.15) is 16.4 Å². The maximum Gasteiger partial charge on any atom is 0.342 e. The highest BCUT2D eigenvalue weighted by molar-refractivity contribution is 7.87. The predicted octanol–water partition coefficient (Wildman–Crippen LogP) is 3.73. The molecule has 4 nitrogen and oxygen atoms in total. The Labute approximate surface area is 129 Å². The average Bonchev–Trinajstić information content (AvgIpc) is 2.36. The minimum Gasteiger partial charge on any atom is -0.495 e. The van der Waals surface area contributed by atoms with E-state index in [0.29, 0.717) is 5.02 Å². The second-order valence-corrected chi connectivity index (χ2v) is 6.61. The molecule has 0 N–H and O–H groups in total. The lowest BCUT2D eigenvalue weighted by Crippen LogP contribution is -2.11. The highest BCUT2D eigenvalue weighted by atomic mass is 35.5.